The number of anilines is 1. The maximum Gasteiger partial charge on any atom is 0.337 e. The van der Waals surface area contributed by atoms with E-state index in [1.165, 1.54) is 6.07 Å². The molecular formula is C26H21N3O4. The van der Waals surface area contributed by atoms with Crippen molar-refractivity contribution in [1.82, 2.24) is 9.38 Å². The van der Waals surface area contributed by atoms with Crippen LogP contribution in [0.2, 0.25) is 0 Å². The van der Waals surface area contributed by atoms with Crippen LogP contribution in [0.1, 0.15) is 34.5 Å². The average Bonchev–Trinajstić information content (AvgIpc) is 3.28. The van der Waals surface area contributed by atoms with Gasteiger partial charge in [-0.3, -0.25) is 4.79 Å². The summed E-state index contributed by atoms with van der Waals surface area (Å²) in [5.74, 6) is -0.589. The first-order valence-electron chi connectivity index (χ1n) is 10.5. The molecule has 2 N–H and O–H groups in total. The van der Waals surface area contributed by atoms with Crippen molar-refractivity contribution in [3.8, 4) is 11.3 Å². The Hall–Kier alpha value is -4.39. The SMILES string of the molecule is Cc1cc(C(C)Nc2ccccc2C(=O)O)c2oc(-c3cccn4ccnc34)cc(=O)c2c1. The smallest absolute Gasteiger partial charge is 0.337 e. The van der Waals surface area contributed by atoms with Crippen LogP contribution in [-0.2, 0) is 0 Å². The number of para-hydroxylation sites is 1. The Morgan fingerprint density at radius 3 is 2.76 bits per heavy atom. The maximum absolute atomic E-state index is 13.1. The average molecular weight is 439 g/mol. The zero-order valence-corrected chi connectivity index (χ0v) is 18.1. The summed E-state index contributed by atoms with van der Waals surface area (Å²) >= 11 is 0. The van der Waals surface area contributed by atoms with Crippen molar-refractivity contribution in [2.45, 2.75) is 19.9 Å². The Labute approximate surface area is 188 Å². The van der Waals surface area contributed by atoms with Crippen molar-refractivity contribution in [2.75, 3.05) is 5.32 Å². The lowest BCUT2D eigenvalue weighted by Gasteiger charge is -2.19. The van der Waals surface area contributed by atoms with E-state index in [2.05, 4.69) is 10.3 Å². The summed E-state index contributed by atoms with van der Waals surface area (Å²) in [5, 5.41) is 13.3. The van der Waals surface area contributed by atoms with Crippen LogP contribution in [0.15, 0.2) is 82.4 Å². The molecule has 0 aliphatic carbocycles. The molecule has 0 spiro atoms. The Balaban J connectivity index is 1.67. The van der Waals surface area contributed by atoms with Gasteiger partial charge in [-0.1, -0.05) is 18.2 Å². The molecule has 7 nitrogen and oxygen atoms in total. The summed E-state index contributed by atoms with van der Waals surface area (Å²) < 4.78 is 8.18. The van der Waals surface area contributed by atoms with E-state index in [0.29, 0.717) is 33.6 Å². The minimum absolute atomic E-state index is 0.150. The highest BCUT2D eigenvalue weighted by Gasteiger charge is 2.19. The molecule has 3 heterocycles. The van der Waals surface area contributed by atoms with Crippen molar-refractivity contribution in [3.63, 3.8) is 0 Å². The number of nitrogens with zero attached hydrogens (tertiary/aromatic N) is 2. The number of pyridine rings is 1. The zero-order chi connectivity index (χ0) is 23.1. The summed E-state index contributed by atoms with van der Waals surface area (Å²) in [4.78, 5) is 29.1. The van der Waals surface area contributed by atoms with Gasteiger partial charge in [0.05, 0.1) is 22.6 Å². The summed E-state index contributed by atoms with van der Waals surface area (Å²) in [5.41, 5.74) is 4.06. The van der Waals surface area contributed by atoms with Gasteiger partial charge in [0.1, 0.15) is 17.0 Å². The summed E-state index contributed by atoms with van der Waals surface area (Å²) in [7, 11) is 0. The van der Waals surface area contributed by atoms with Crippen LogP contribution in [0.3, 0.4) is 0 Å². The van der Waals surface area contributed by atoms with Gasteiger partial charge >= 0.3 is 5.97 Å². The predicted octanol–water partition coefficient (Wildman–Crippen LogP) is 5.29. The van der Waals surface area contributed by atoms with Crippen LogP contribution in [0.5, 0.6) is 0 Å². The van der Waals surface area contributed by atoms with E-state index in [4.69, 9.17) is 4.42 Å². The lowest BCUT2D eigenvalue weighted by Crippen LogP contribution is -2.12. The number of imidazole rings is 1. The molecule has 0 aliphatic heterocycles. The molecule has 1 unspecified atom stereocenters. The minimum atomic E-state index is -1.01. The second kappa shape index (κ2) is 7.94. The van der Waals surface area contributed by atoms with E-state index in [1.807, 2.05) is 54.9 Å². The van der Waals surface area contributed by atoms with Gasteiger partial charge in [-0.2, -0.15) is 0 Å². The Bertz CT molecular complexity index is 1580. The third-order valence-corrected chi connectivity index (χ3v) is 5.68. The molecule has 2 aromatic carbocycles. The number of aryl methyl sites for hydroxylation is 1. The lowest BCUT2D eigenvalue weighted by molar-refractivity contribution is 0.0698. The first-order chi connectivity index (χ1) is 15.9. The third kappa shape index (κ3) is 3.63. The Morgan fingerprint density at radius 1 is 1.12 bits per heavy atom. The number of nitrogens with one attached hydrogen (secondary N) is 1. The van der Waals surface area contributed by atoms with Gasteiger partial charge in [-0.25, -0.2) is 9.78 Å². The topological polar surface area (TPSA) is 96.8 Å². The number of rotatable bonds is 5. The van der Waals surface area contributed by atoms with Crippen molar-refractivity contribution < 1.29 is 14.3 Å². The van der Waals surface area contributed by atoms with Crippen LogP contribution in [0.25, 0.3) is 27.9 Å². The van der Waals surface area contributed by atoms with Gasteiger partial charge in [0.25, 0.3) is 0 Å². The van der Waals surface area contributed by atoms with Crippen molar-refractivity contribution in [3.05, 3.63) is 100 Å². The number of fused-ring (bicyclic) bond motifs is 2. The molecule has 164 valence electrons. The fraction of sp³-hybridized carbons (Fsp3) is 0.115. The standard InChI is InChI=1S/C26H21N3O4/c1-15-12-19(16(2)28-21-8-4-3-6-17(21)26(31)32)24-20(13-15)22(30)14-23(33-24)18-7-5-10-29-11-9-27-25(18)29/h3-14,16,28H,1-2H3,(H,31,32). The van der Waals surface area contributed by atoms with Crippen LogP contribution >= 0.6 is 0 Å². The minimum Gasteiger partial charge on any atom is -0.478 e. The number of aromatic nitrogens is 2. The molecule has 33 heavy (non-hydrogen) atoms. The van der Waals surface area contributed by atoms with Gasteiger partial charge in [0, 0.05) is 35.9 Å². The van der Waals surface area contributed by atoms with E-state index in [9.17, 15) is 14.7 Å². The number of carbonyl (C=O) groups is 1. The number of aromatic carboxylic acids is 1. The van der Waals surface area contributed by atoms with Crippen molar-refractivity contribution in [1.29, 1.82) is 0 Å². The van der Waals surface area contributed by atoms with Gasteiger partial charge in [-0.15, -0.1) is 0 Å². The van der Waals surface area contributed by atoms with Gasteiger partial charge < -0.3 is 19.2 Å². The van der Waals surface area contributed by atoms with Gasteiger partial charge in [-0.05, 0) is 49.7 Å². The fourth-order valence-corrected chi connectivity index (χ4v) is 4.14. The molecule has 0 saturated carbocycles. The number of hydrogen-bond donors (Lipinski definition) is 2. The van der Waals surface area contributed by atoms with Crippen molar-refractivity contribution in [2.24, 2.45) is 0 Å². The van der Waals surface area contributed by atoms with Gasteiger partial charge in [0.15, 0.2) is 5.43 Å². The largest absolute Gasteiger partial charge is 0.478 e. The molecule has 0 amide bonds. The van der Waals surface area contributed by atoms with Crippen LogP contribution in [0.4, 0.5) is 5.69 Å². The zero-order valence-electron chi connectivity index (χ0n) is 18.1. The second-order valence-electron chi connectivity index (χ2n) is 8.00. The molecular weight excluding hydrogens is 418 g/mol. The number of hydrogen-bond acceptors (Lipinski definition) is 5. The maximum atomic E-state index is 13.1. The number of carboxylic acids is 1. The summed E-state index contributed by atoms with van der Waals surface area (Å²) in [6, 6.07) is 15.4. The van der Waals surface area contributed by atoms with E-state index in [0.717, 1.165) is 11.1 Å². The highest BCUT2D eigenvalue weighted by atomic mass is 16.4. The fourth-order valence-electron chi connectivity index (χ4n) is 4.14. The third-order valence-electron chi connectivity index (χ3n) is 5.68. The molecule has 0 bridgehead atoms. The van der Waals surface area contributed by atoms with Crippen LogP contribution in [-0.4, -0.2) is 20.5 Å². The first-order valence-corrected chi connectivity index (χ1v) is 10.5. The molecule has 7 heteroatoms. The number of carboxylic acid groups (broad SMARTS) is 1. The highest BCUT2D eigenvalue weighted by Crippen LogP contribution is 2.32. The predicted molar refractivity (Wildman–Crippen MR) is 127 cm³/mol. The second-order valence-corrected chi connectivity index (χ2v) is 8.00. The van der Waals surface area contributed by atoms with E-state index >= 15 is 0 Å². The molecule has 0 saturated heterocycles. The highest BCUT2D eigenvalue weighted by molar-refractivity contribution is 5.94. The first kappa shape index (κ1) is 20.5. The van der Waals surface area contributed by atoms with Crippen LogP contribution in [0, 0.1) is 6.92 Å². The Morgan fingerprint density at radius 2 is 1.94 bits per heavy atom. The molecule has 0 aliphatic rings. The Kier molecular flexibility index (Phi) is 4.94. The molecule has 5 aromatic rings. The van der Waals surface area contributed by atoms with E-state index < -0.39 is 5.97 Å². The molecule has 0 fully saturated rings. The van der Waals surface area contributed by atoms with E-state index in [1.54, 1.807) is 30.5 Å². The molecule has 5 rings (SSSR count). The van der Waals surface area contributed by atoms with Crippen LogP contribution < -0.4 is 10.7 Å². The quantitative estimate of drug-likeness (QED) is 0.386. The summed E-state index contributed by atoms with van der Waals surface area (Å²) in [6.07, 6.45) is 5.41. The summed E-state index contributed by atoms with van der Waals surface area (Å²) in [6.45, 7) is 3.83. The lowest BCUT2D eigenvalue weighted by atomic mass is 10.00. The monoisotopic (exact) mass is 439 g/mol. The van der Waals surface area contributed by atoms with Gasteiger partial charge in [0.2, 0.25) is 0 Å². The van der Waals surface area contributed by atoms with Crippen molar-refractivity contribution >= 4 is 28.3 Å². The molecule has 1 atom stereocenters. The van der Waals surface area contributed by atoms with E-state index in [-0.39, 0.29) is 17.0 Å². The number of benzene rings is 2. The molecule has 3 aromatic heterocycles. The normalized spacial score (nSPS) is 12.2. The molecule has 0 radical (unpaired) electrons.